The van der Waals surface area contributed by atoms with E-state index in [-0.39, 0.29) is 17.2 Å². The highest BCUT2D eigenvalue weighted by Crippen LogP contribution is 2.20. The third-order valence-corrected chi connectivity index (χ3v) is 2.58. The van der Waals surface area contributed by atoms with E-state index in [1.807, 2.05) is 6.07 Å². The number of nitrogens with two attached hydrogens (primary N) is 1. The van der Waals surface area contributed by atoms with Crippen molar-refractivity contribution in [2.24, 2.45) is 0 Å². The van der Waals surface area contributed by atoms with E-state index < -0.39 is 5.97 Å². The van der Waals surface area contributed by atoms with Gasteiger partial charge in [-0.05, 0) is 30.3 Å². The number of carbonyl (C=O) groups is 2. The van der Waals surface area contributed by atoms with Gasteiger partial charge in [0.15, 0.2) is 0 Å². The predicted molar refractivity (Wildman–Crippen MR) is 72.2 cm³/mol. The Morgan fingerprint density at radius 1 is 1.00 bits per heavy atom. The molecular weight excluding hydrogens is 244 g/mol. The molecular formula is C14H12N2O3. The number of carboxylic acids is 1. The van der Waals surface area contributed by atoms with Gasteiger partial charge in [0.25, 0.3) is 5.91 Å². The normalized spacial score (nSPS) is 9.89. The van der Waals surface area contributed by atoms with Crippen LogP contribution in [0, 0.1) is 0 Å². The molecule has 0 heterocycles. The Kier molecular flexibility index (Phi) is 3.47. The minimum Gasteiger partial charge on any atom is -0.478 e. The molecule has 0 radical (unpaired) electrons. The fourth-order valence-corrected chi connectivity index (χ4v) is 1.59. The van der Waals surface area contributed by atoms with Gasteiger partial charge in [0.05, 0.1) is 16.9 Å². The number of nitrogens with one attached hydrogen (secondary N) is 1. The number of carboxylic acid groups (broad SMARTS) is 1. The van der Waals surface area contributed by atoms with Gasteiger partial charge in [-0.3, -0.25) is 4.79 Å². The highest BCUT2D eigenvalue weighted by Gasteiger charge is 2.10. The van der Waals surface area contributed by atoms with Crippen molar-refractivity contribution in [2.75, 3.05) is 11.1 Å². The summed E-state index contributed by atoms with van der Waals surface area (Å²) in [5, 5.41) is 11.5. The van der Waals surface area contributed by atoms with Gasteiger partial charge < -0.3 is 16.2 Å². The van der Waals surface area contributed by atoms with Crippen LogP contribution in [0.3, 0.4) is 0 Å². The quantitative estimate of drug-likeness (QED) is 0.734. The number of rotatable bonds is 3. The Bertz CT molecular complexity index is 624. The lowest BCUT2D eigenvalue weighted by molar-refractivity contribution is 0.0697. The van der Waals surface area contributed by atoms with Gasteiger partial charge >= 0.3 is 5.97 Å². The van der Waals surface area contributed by atoms with E-state index in [1.54, 1.807) is 24.3 Å². The fraction of sp³-hybridized carbons (Fsp3) is 0. The number of benzene rings is 2. The molecule has 0 aliphatic rings. The first-order valence-corrected chi connectivity index (χ1v) is 5.57. The van der Waals surface area contributed by atoms with Gasteiger partial charge in [-0.2, -0.15) is 0 Å². The van der Waals surface area contributed by atoms with E-state index in [0.717, 1.165) is 0 Å². The third-order valence-electron chi connectivity index (χ3n) is 2.58. The van der Waals surface area contributed by atoms with Crippen molar-refractivity contribution in [2.45, 2.75) is 0 Å². The molecule has 0 fully saturated rings. The van der Waals surface area contributed by atoms with E-state index in [4.69, 9.17) is 10.8 Å². The molecule has 0 saturated carbocycles. The summed E-state index contributed by atoms with van der Waals surface area (Å²) in [6, 6.07) is 12.8. The second kappa shape index (κ2) is 5.22. The molecule has 19 heavy (non-hydrogen) atoms. The highest BCUT2D eigenvalue weighted by atomic mass is 16.4. The maximum atomic E-state index is 11.9. The third kappa shape index (κ3) is 2.90. The van der Waals surface area contributed by atoms with Crippen LogP contribution in [0.4, 0.5) is 11.4 Å². The first-order chi connectivity index (χ1) is 9.08. The van der Waals surface area contributed by atoms with Crippen molar-refractivity contribution >= 4 is 23.3 Å². The van der Waals surface area contributed by atoms with Crippen LogP contribution in [0.25, 0.3) is 0 Å². The smallest absolute Gasteiger partial charge is 0.335 e. The number of amides is 1. The lowest BCUT2D eigenvalue weighted by atomic mass is 10.1. The molecule has 0 saturated heterocycles. The average Bonchev–Trinajstić information content (AvgIpc) is 2.41. The van der Waals surface area contributed by atoms with Crippen molar-refractivity contribution in [3.63, 3.8) is 0 Å². The molecule has 4 N–H and O–H groups in total. The maximum Gasteiger partial charge on any atom is 0.335 e. The lowest BCUT2D eigenvalue weighted by Gasteiger charge is -2.08. The molecule has 0 unspecified atom stereocenters. The molecule has 0 aliphatic heterocycles. The van der Waals surface area contributed by atoms with Gasteiger partial charge in [-0.15, -0.1) is 0 Å². The first kappa shape index (κ1) is 12.6. The van der Waals surface area contributed by atoms with Gasteiger partial charge in [0.1, 0.15) is 0 Å². The molecule has 2 aromatic carbocycles. The Balaban J connectivity index is 2.20. The number of anilines is 2. The van der Waals surface area contributed by atoms with E-state index >= 15 is 0 Å². The molecule has 0 spiro atoms. The van der Waals surface area contributed by atoms with Gasteiger partial charge in [0, 0.05) is 5.56 Å². The summed E-state index contributed by atoms with van der Waals surface area (Å²) in [6.45, 7) is 0. The molecule has 2 aromatic rings. The van der Waals surface area contributed by atoms with E-state index in [0.29, 0.717) is 11.3 Å². The van der Waals surface area contributed by atoms with Crippen LogP contribution in [-0.2, 0) is 0 Å². The number of hydrogen-bond acceptors (Lipinski definition) is 3. The summed E-state index contributed by atoms with van der Waals surface area (Å²) in [5.41, 5.74) is 6.89. The van der Waals surface area contributed by atoms with Crippen molar-refractivity contribution in [1.82, 2.24) is 0 Å². The molecule has 0 bridgehead atoms. The molecule has 5 nitrogen and oxygen atoms in total. The van der Waals surface area contributed by atoms with Crippen LogP contribution in [0.15, 0.2) is 48.5 Å². The number of carbonyl (C=O) groups excluding carboxylic acids is 1. The fourth-order valence-electron chi connectivity index (χ4n) is 1.59. The van der Waals surface area contributed by atoms with Crippen molar-refractivity contribution in [3.05, 3.63) is 59.7 Å². The van der Waals surface area contributed by atoms with Crippen LogP contribution >= 0.6 is 0 Å². The van der Waals surface area contributed by atoms with Gasteiger partial charge in [0.2, 0.25) is 0 Å². The highest BCUT2D eigenvalue weighted by molar-refractivity contribution is 6.06. The van der Waals surface area contributed by atoms with Gasteiger partial charge in [-0.25, -0.2) is 4.79 Å². The van der Waals surface area contributed by atoms with Crippen molar-refractivity contribution < 1.29 is 14.7 Å². The monoisotopic (exact) mass is 256 g/mol. The summed E-state index contributed by atoms with van der Waals surface area (Å²) in [4.78, 5) is 22.7. The standard InChI is InChI=1S/C14H12N2O3/c15-11-8-10(14(18)19)6-7-12(11)16-13(17)9-4-2-1-3-5-9/h1-8H,15H2,(H,16,17)(H,18,19). The summed E-state index contributed by atoms with van der Waals surface area (Å²) in [6.07, 6.45) is 0. The maximum absolute atomic E-state index is 11.9. The Hall–Kier alpha value is -2.82. The van der Waals surface area contributed by atoms with E-state index in [9.17, 15) is 9.59 Å². The zero-order chi connectivity index (χ0) is 13.8. The summed E-state index contributed by atoms with van der Waals surface area (Å²) >= 11 is 0. The van der Waals surface area contributed by atoms with Crippen molar-refractivity contribution in [1.29, 1.82) is 0 Å². The molecule has 0 aromatic heterocycles. The second-order valence-corrected chi connectivity index (χ2v) is 3.93. The Labute approximate surface area is 109 Å². The Morgan fingerprint density at radius 2 is 1.68 bits per heavy atom. The minimum absolute atomic E-state index is 0.0789. The second-order valence-electron chi connectivity index (χ2n) is 3.93. The average molecular weight is 256 g/mol. The molecule has 5 heteroatoms. The van der Waals surface area contributed by atoms with Crippen LogP contribution in [0.1, 0.15) is 20.7 Å². The largest absolute Gasteiger partial charge is 0.478 e. The van der Waals surface area contributed by atoms with Gasteiger partial charge in [-0.1, -0.05) is 18.2 Å². The zero-order valence-electron chi connectivity index (χ0n) is 9.96. The minimum atomic E-state index is -1.06. The van der Waals surface area contributed by atoms with Crippen LogP contribution in [-0.4, -0.2) is 17.0 Å². The number of nitrogen functional groups attached to an aromatic ring is 1. The predicted octanol–water partition coefficient (Wildman–Crippen LogP) is 2.22. The van der Waals surface area contributed by atoms with Crippen molar-refractivity contribution in [3.8, 4) is 0 Å². The topological polar surface area (TPSA) is 92.4 Å². The molecule has 1 amide bonds. The number of aromatic carboxylic acids is 1. The van der Waals surface area contributed by atoms with Crippen LogP contribution in [0.5, 0.6) is 0 Å². The first-order valence-electron chi connectivity index (χ1n) is 5.57. The molecule has 0 atom stereocenters. The lowest BCUT2D eigenvalue weighted by Crippen LogP contribution is -2.13. The van der Waals surface area contributed by atoms with E-state index in [2.05, 4.69) is 5.32 Å². The molecule has 96 valence electrons. The zero-order valence-corrected chi connectivity index (χ0v) is 9.96. The van der Waals surface area contributed by atoms with Crippen LogP contribution in [0.2, 0.25) is 0 Å². The van der Waals surface area contributed by atoms with Crippen LogP contribution < -0.4 is 11.1 Å². The summed E-state index contributed by atoms with van der Waals surface area (Å²) in [7, 11) is 0. The van der Waals surface area contributed by atoms with E-state index in [1.165, 1.54) is 18.2 Å². The molecule has 2 rings (SSSR count). The molecule has 0 aliphatic carbocycles. The summed E-state index contributed by atoms with van der Waals surface area (Å²) in [5.74, 6) is -1.36. The Morgan fingerprint density at radius 3 is 2.26 bits per heavy atom. The SMILES string of the molecule is Nc1cc(C(=O)O)ccc1NC(=O)c1ccccc1. The number of hydrogen-bond donors (Lipinski definition) is 3. The summed E-state index contributed by atoms with van der Waals surface area (Å²) < 4.78 is 0.